The maximum atomic E-state index is 13.6. The van der Waals surface area contributed by atoms with Crippen LogP contribution in [0.2, 0.25) is 10.0 Å². The molecule has 1 amide bonds. The normalized spacial score (nSPS) is 16.9. The molecule has 3 aromatic rings. The number of piperidine rings is 1. The third kappa shape index (κ3) is 6.10. The van der Waals surface area contributed by atoms with Gasteiger partial charge in [-0.3, -0.25) is 10.2 Å². The summed E-state index contributed by atoms with van der Waals surface area (Å²) >= 11 is 12.8. The minimum atomic E-state index is -0.861. The number of benzene rings is 2. The molecule has 0 bridgehead atoms. The molecule has 1 N–H and O–H groups in total. The van der Waals surface area contributed by atoms with Gasteiger partial charge in [0.05, 0.1) is 43.7 Å². The Kier molecular flexibility index (Phi) is 8.60. The average Bonchev–Trinajstić information content (AvgIpc) is 3.33. The molecule has 0 saturated carbocycles. The number of halogens is 2. The summed E-state index contributed by atoms with van der Waals surface area (Å²) in [7, 11) is 2.84. The van der Waals surface area contributed by atoms with Crippen LogP contribution in [0.4, 0.5) is 4.79 Å². The lowest BCUT2D eigenvalue weighted by atomic mass is 9.98. The number of nitrogens with one attached hydrogen (secondary N) is 1. The van der Waals surface area contributed by atoms with Crippen molar-refractivity contribution >= 4 is 46.9 Å². The van der Waals surface area contributed by atoms with Gasteiger partial charge in [-0.05, 0) is 60.4 Å². The van der Waals surface area contributed by atoms with Crippen molar-refractivity contribution in [3.8, 4) is 11.4 Å². The Bertz CT molecular complexity index is 1430. The van der Waals surface area contributed by atoms with Crippen LogP contribution in [-0.4, -0.2) is 65.8 Å². The lowest BCUT2D eigenvalue weighted by molar-refractivity contribution is -0.123. The van der Waals surface area contributed by atoms with Gasteiger partial charge in [0.2, 0.25) is 0 Å². The van der Waals surface area contributed by atoms with E-state index in [2.05, 4.69) is 5.43 Å². The standard InChI is InChI=1S/C28H29Cl2N5O5/c1-38-21-9-6-18(7-10-21)14-19-16-34(40-28(37)39-2)17-22-25(27(36)32-33-12-4-3-5-13-33)31-35(26(19)22)24-11-8-20(29)15-23(24)30/h6-11,14-15H,3-5,12-13,16-17H2,1-2H3,(H,32,36)/b19-14+. The molecule has 0 spiro atoms. The molecule has 2 aliphatic heterocycles. The van der Waals surface area contributed by atoms with Gasteiger partial charge in [0.1, 0.15) is 5.75 Å². The number of hydrogen-bond donors (Lipinski definition) is 1. The monoisotopic (exact) mass is 585 g/mol. The Hall–Kier alpha value is -3.57. The molecule has 2 aliphatic rings. The van der Waals surface area contributed by atoms with Crippen LogP contribution in [0.1, 0.15) is 46.6 Å². The van der Waals surface area contributed by atoms with E-state index in [4.69, 9.17) is 42.6 Å². The zero-order valence-corrected chi connectivity index (χ0v) is 23.7. The number of hydrazine groups is 1. The van der Waals surface area contributed by atoms with Crippen molar-refractivity contribution in [1.29, 1.82) is 0 Å². The van der Waals surface area contributed by atoms with Crippen LogP contribution in [0.3, 0.4) is 0 Å². The number of hydroxylamine groups is 2. The van der Waals surface area contributed by atoms with Crippen molar-refractivity contribution in [2.45, 2.75) is 25.8 Å². The van der Waals surface area contributed by atoms with Crippen molar-refractivity contribution in [1.82, 2.24) is 25.3 Å². The fourth-order valence-electron chi connectivity index (χ4n) is 4.86. The number of carbonyl (C=O) groups is 2. The Labute approximate surface area is 241 Å². The van der Waals surface area contributed by atoms with Crippen LogP contribution in [0, 0.1) is 0 Å². The molecule has 3 heterocycles. The first-order valence-corrected chi connectivity index (χ1v) is 13.6. The summed E-state index contributed by atoms with van der Waals surface area (Å²) in [6.07, 6.45) is 4.22. The highest BCUT2D eigenvalue weighted by Gasteiger charge is 2.34. The second kappa shape index (κ2) is 12.3. The molecule has 5 rings (SSSR count). The van der Waals surface area contributed by atoms with Gasteiger partial charge in [-0.25, -0.2) is 14.5 Å². The van der Waals surface area contributed by atoms with Crippen LogP contribution >= 0.6 is 23.2 Å². The number of hydrogen-bond acceptors (Lipinski definition) is 8. The van der Waals surface area contributed by atoms with Crippen LogP contribution in [0.5, 0.6) is 5.75 Å². The van der Waals surface area contributed by atoms with E-state index in [1.54, 1.807) is 30.0 Å². The lowest BCUT2D eigenvalue weighted by Gasteiger charge is -2.28. The number of amides is 1. The number of nitrogens with zero attached hydrogens (tertiary/aromatic N) is 4. The zero-order valence-electron chi connectivity index (χ0n) is 22.2. The molecule has 1 saturated heterocycles. The van der Waals surface area contributed by atoms with Gasteiger partial charge in [0.15, 0.2) is 5.69 Å². The van der Waals surface area contributed by atoms with Gasteiger partial charge in [0.25, 0.3) is 5.91 Å². The minimum Gasteiger partial charge on any atom is -0.497 e. The van der Waals surface area contributed by atoms with Gasteiger partial charge < -0.3 is 14.3 Å². The summed E-state index contributed by atoms with van der Waals surface area (Å²) in [5, 5.41) is 8.96. The Morgan fingerprint density at radius 1 is 1.00 bits per heavy atom. The Morgan fingerprint density at radius 3 is 2.42 bits per heavy atom. The van der Waals surface area contributed by atoms with E-state index in [9.17, 15) is 9.59 Å². The molecule has 12 heteroatoms. The second-order valence-corrected chi connectivity index (χ2v) is 10.3. The minimum absolute atomic E-state index is 0.109. The maximum absolute atomic E-state index is 13.6. The molecule has 1 aromatic heterocycles. The second-order valence-electron chi connectivity index (χ2n) is 9.46. The summed E-state index contributed by atoms with van der Waals surface area (Å²) in [5.41, 5.74) is 6.62. The van der Waals surface area contributed by atoms with E-state index in [1.165, 1.54) is 12.2 Å². The van der Waals surface area contributed by atoms with Crippen LogP contribution in [0.25, 0.3) is 17.3 Å². The van der Waals surface area contributed by atoms with Gasteiger partial charge >= 0.3 is 6.16 Å². The van der Waals surface area contributed by atoms with E-state index in [1.807, 2.05) is 35.4 Å². The number of carbonyl (C=O) groups excluding carboxylic acids is 2. The van der Waals surface area contributed by atoms with Crippen molar-refractivity contribution in [2.75, 3.05) is 33.9 Å². The van der Waals surface area contributed by atoms with Crippen LogP contribution in [0.15, 0.2) is 42.5 Å². The molecule has 0 atom stereocenters. The topological polar surface area (TPSA) is 98.2 Å². The fraction of sp³-hybridized carbons (Fsp3) is 0.321. The molecule has 0 aliphatic carbocycles. The summed E-state index contributed by atoms with van der Waals surface area (Å²) in [4.78, 5) is 31.1. The highest BCUT2D eigenvalue weighted by molar-refractivity contribution is 6.35. The summed E-state index contributed by atoms with van der Waals surface area (Å²) in [6, 6.07) is 12.6. The number of fused-ring (bicyclic) bond motifs is 1. The van der Waals surface area contributed by atoms with E-state index in [0.717, 1.165) is 49.2 Å². The van der Waals surface area contributed by atoms with E-state index >= 15 is 0 Å². The molecule has 210 valence electrons. The Balaban J connectivity index is 1.65. The largest absolute Gasteiger partial charge is 0.527 e. The first-order valence-electron chi connectivity index (χ1n) is 12.9. The molecule has 10 nitrogen and oxygen atoms in total. The molecular weight excluding hydrogens is 557 g/mol. The maximum Gasteiger partial charge on any atom is 0.527 e. The SMILES string of the molecule is COC(=O)ON1C/C(=C\c2ccc(OC)cc2)c2c(c(C(=O)NN3CCCCC3)nn2-c2ccc(Cl)cc2Cl)C1. The molecular formula is C28H29Cl2N5O5. The molecule has 2 aromatic carbocycles. The lowest BCUT2D eigenvalue weighted by Crippen LogP contribution is -2.45. The highest BCUT2D eigenvalue weighted by atomic mass is 35.5. The predicted octanol–water partition coefficient (Wildman–Crippen LogP) is 5.37. The van der Waals surface area contributed by atoms with E-state index in [-0.39, 0.29) is 24.7 Å². The van der Waals surface area contributed by atoms with Crippen molar-refractivity contribution in [3.05, 3.63) is 75.0 Å². The van der Waals surface area contributed by atoms with E-state index < -0.39 is 6.16 Å². The number of methoxy groups -OCH3 is 2. The first-order chi connectivity index (χ1) is 19.4. The average molecular weight is 586 g/mol. The summed E-state index contributed by atoms with van der Waals surface area (Å²) in [6.45, 7) is 1.84. The van der Waals surface area contributed by atoms with Gasteiger partial charge in [-0.15, -0.1) is 5.06 Å². The van der Waals surface area contributed by atoms with Gasteiger partial charge in [-0.2, -0.15) is 5.10 Å². The quantitative estimate of drug-likeness (QED) is 0.385. The Morgan fingerprint density at radius 2 is 1.75 bits per heavy atom. The molecule has 40 heavy (non-hydrogen) atoms. The summed E-state index contributed by atoms with van der Waals surface area (Å²) in [5.74, 6) is 0.363. The van der Waals surface area contributed by atoms with Gasteiger partial charge in [0, 0.05) is 23.7 Å². The number of aromatic nitrogens is 2. The first kappa shape index (κ1) is 28.0. The smallest absolute Gasteiger partial charge is 0.497 e. The molecule has 0 unspecified atom stereocenters. The number of rotatable bonds is 6. The van der Waals surface area contributed by atoms with Crippen molar-refractivity contribution < 1.29 is 23.9 Å². The zero-order chi connectivity index (χ0) is 28.2. The number of ether oxygens (including phenoxy) is 2. The van der Waals surface area contributed by atoms with E-state index in [0.29, 0.717) is 27.0 Å². The fourth-order valence-corrected chi connectivity index (χ4v) is 5.35. The van der Waals surface area contributed by atoms with Gasteiger partial charge in [-0.1, -0.05) is 41.8 Å². The summed E-state index contributed by atoms with van der Waals surface area (Å²) < 4.78 is 11.7. The van der Waals surface area contributed by atoms with Crippen LogP contribution < -0.4 is 10.2 Å². The van der Waals surface area contributed by atoms with Crippen molar-refractivity contribution in [3.63, 3.8) is 0 Å². The third-order valence-electron chi connectivity index (χ3n) is 6.76. The highest BCUT2D eigenvalue weighted by Crippen LogP contribution is 2.36. The van der Waals surface area contributed by atoms with Crippen LogP contribution in [-0.2, 0) is 16.1 Å². The molecule has 1 fully saturated rings. The third-order valence-corrected chi connectivity index (χ3v) is 7.30. The molecule has 0 radical (unpaired) electrons. The van der Waals surface area contributed by atoms with Crippen molar-refractivity contribution in [2.24, 2.45) is 0 Å². The predicted molar refractivity (Wildman–Crippen MR) is 151 cm³/mol.